The summed E-state index contributed by atoms with van der Waals surface area (Å²) in [6.07, 6.45) is 1.72. The molecule has 2 rings (SSSR count). The molecule has 4 nitrogen and oxygen atoms in total. The zero-order chi connectivity index (χ0) is 16.3. The van der Waals surface area contributed by atoms with Gasteiger partial charge in [-0.1, -0.05) is 22.0 Å². The van der Waals surface area contributed by atoms with Crippen molar-refractivity contribution in [2.24, 2.45) is 0 Å². The molecule has 1 saturated heterocycles. The normalized spacial score (nSPS) is 16.5. The number of anilines is 1. The molecular weight excluding hydrogens is 344 g/mol. The topological polar surface area (TPSA) is 32.8 Å². The van der Waals surface area contributed by atoms with E-state index in [0.717, 1.165) is 30.4 Å². The fourth-order valence-electron chi connectivity index (χ4n) is 2.67. The molecule has 0 N–H and O–H groups in total. The highest BCUT2D eigenvalue weighted by atomic mass is 79.9. The lowest BCUT2D eigenvalue weighted by Crippen LogP contribution is -2.47. The maximum Gasteiger partial charge on any atom is 0.410 e. The number of nitrogens with zero attached hydrogens (tertiary/aromatic N) is 2. The van der Waals surface area contributed by atoms with Gasteiger partial charge >= 0.3 is 6.09 Å². The van der Waals surface area contributed by atoms with Gasteiger partial charge in [0.05, 0.1) is 0 Å². The van der Waals surface area contributed by atoms with Gasteiger partial charge in [0.1, 0.15) is 5.60 Å². The average molecular weight is 369 g/mol. The van der Waals surface area contributed by atoms with Gasteiger partial charge < -0.3 is 14.5 Å². The van der Waals surface area contributed by atoms with E-state index < -0.39 is 5.60 Å². The second-order valence-electron chi connectivity index (χ2n) is 6.79. The van der Waals surface area contributed by atoms with Crippen molar-refractivity contribution >= 4 is 27.7 Å². The number of hydrogen-bond acceptors (Lipinski definition) is 3. The number of piperidine rings is 1. The molecule has 1 aromatic rings. The standard InChI is InChI=1S/C17H25BrN2O2/c1-17(2,3)22-16(21)20-10-8-14(9-11-20)19(4)15-7-5-6-13(18)12-15/h5-7,12,14H,8-11H2,1-4H3. The van der Waals surface area contributed by atoms with Crippen LogP contribution in [0.25, 0.3) is 0 Å². The molecule has 0 spiro atoms. The van der Waals surface area contributed by atoms with Crippen LogP contribution in [0, 0.1) is 0 Å². The van der Waals surface area contributed by atoms with E-state index in [1.54, 1.807) is 0 Å². The molecule has 0 aromatic heterocycles. The first-order chi connectivity index (χ1) is 10.3. The number of hydrogen-bond donors (Lipinski definition) is 0. The Kier molecular flexibility index (Phi) is 5.37. The maximum absolute atomic E-state index is 12.1. The van der Waals surface area contributed by atoms with E-state index in [9.17, 15) is 4.79 Å². The molecule has 0 aliphatic carbocycles. The third-order valence-electron chi connectivity index (χ3n) is 3.88. The second-order valence-corrected chi connectivity index (χ2v) is 7.71. The molecule has 5 heteroatoms. The Hall–Kier alpha value is -1.23. The van der Waals surface area contributed by atoms with Gasteiger partial charge in [0, 0.05) is 36.3 Å². The SMILES string of the molecule is CN(c1cccc(Br)c1)C1CCN(C(=O)OC(C)(C)C)CC1. The monoisotopic (exact) mass is 368 g/mol. The molecule has 0 unspecified atom stereocenters. The number of carbonyl (C=O) groups excluding carboxylic acids is 1. The Bertz CT molecular complexity index is 520. The number of ether oxygens (including phenoxy) is 1. The quantitative estimate of drug-likeness (QED) is 0.780. The van der Waals surface area contributed by atoms with Crippen molar-refractivity contribution in [2.45, 2.75) is 45.3 Å². The molecule has 1 aliphatic heterocycles. The van der Waals surface area contributed by atoms with Crippen molar-refractivity contribution < 1.29 is 9.53 Å². The van der Waals surface area contributed by atoms with Crippen LogP contribution in [0.15, 0.2) is 28.7 Å². The van der Waals surface area contributed by atoms with Crippen LogP contribution >= 0.6 is 15.9 Å². The highest BCUT2D eigenvalue weighted by molar-refractivity contribution is 9.10. The summed E-state index contributed by atoms with van der Waals surface area (Å²) >= 11 is 3.51. The smallest absolute Gasteiger partial charge is 0.410 e. The van der Waals surface area contributed by atoms with E-state index in [1.165, 1.54) is 5.69 Å². The van der Waals surface area contributed by atoms with Crippen LogP contribution in [-0.4, -0.2) is 42.8 Å². The van der Waals surface area contributed by atoms with Gasteiger partial charge in [-0.15, -0.1) is 0 Å². The van der Waals surface area contributed by atoms with Gasteiger partial charge in [-0.05, 0) is 51.8 Å². The molecule has 0 atom stereocenters. The fraction of sp³-hybridized carbons (Fsp3) is 0.588. The predicted octanol–water partition coefficient (Wildman–Crippen LogP) is 4.28. The molecule has 122 valence electrons. The van der Waals surface area contributed by atoms with Crippen LogP contribution in [0.5, 0.6) is 0 Å². The van der Waals surface area contributed by atoms with Crippen LogP contribution in [0.3, 0.4) is 0 Å². The summed E-state index contributed by atoms with van der Waals surface area (Å²) in [6, 6.07) is 8.77. The van der Waals surface area contributed by atoms with Crippen molar-refractivity contribution in [3.63, 3.8) is 0 Å². The fourth-order valence-corrected chi connectivity index (χ4v) is 3.06. The highest BCUT2D eigenvalue weighted by Gasteiger charge is 2.28. The number of benzene rings is 1. The molecule has 0 saturated carbocycles. The number of carbonyl (C=O) groups is 1. The van der Waals surface area contributed by atoms with Gasteiger partial charge in [-0.2, -0.15) is 0 Å². The Morgan fingerprint density at radius 1 is 1.32 bits per heavy atom. The lowest BCUT2D eigenvalue weighted by atomic mass is 10.0. The molecule has 22 heavy (non-hydrogen) atoms. The third-order valence-corrected chi connectivity index (χ3v) is 4.37. The Morgan fingerprint density at radius 2 is 1.95 bits per heavy atom. The summed E-state index contributed by atoms with van der Waals surface area (Å²) in [5.74, 6) is 0. The van der Waals surface area contributed by atoms with Crippen LogP contribution < -0.4 is 4.90 Å². The Morgan fingerprint density at radius 3 is 2.50 bits per heavy atom. The summed E-state index contributed by atoms with van der Waals surface area (Å²) in [5.41, 5.74) is 0.770. The lowest BCUT2D eigenvalue weighted by Gasteiger charge is -2.38. The Labute approximate surface area is 141 Å². The minimum absolute atomic E-state index is 0.198. The first-order valence-corrected chi connectivity index (χ1v) is 8.52. The number of likely N-dealkylation sites (tertiary alicyclic amines) is 1. The number of rotatable bonds is 2. The van der Waals surface area contributed by atoms with Crippen LogP contribution in [-0.2, 0) is 4.74 Å². The molecule has 1 amide bonds. The van der Waals surface area contributed by atoms with E-state index in [1.807, 2.05) is 37.8 Å². The van der Waals surface area contributed by atoms with Gasteiger partial charge in [0.25, 0.3) is 0 Å². The molecule has 1 heterocycles. The summed E-state index contributed by atoms with van der Waals surface area (Å²) < 4.78 is 6.53. The molecule has 0 radical (unpaired) electrons. The van der Waals surface area contributed by atoms with Crippen molar-refractivity contribution in [2.75, 3.05) is 25.0 Å². The van der Waals surface area contributed by atoms with Gasteiger partial charge in [0.15, 0.2) is 0 Å². The van der Waals surface area contributed by atoms with E-state index >= 15 is 0 Å². The predicted molar refractivity (Wildman–Crippen MR) is 93.4 cm³/mol. The first kappa shape index (κ1) is 17.1. The Balaban J connectivity index is 1.90. The van der Waals surface area contributed by atoms with E-state index in [0.29, 0.717) is 6.04 Å². The number of amides is 1. The van der Waals surface area contributed by atoms with Crippen LogP contribution in [0.1, 0.15) is 33.6 Å². The molecular formula is C17H25BrN2O2. The van der Waals surface area contributed by atoms with Gasteiger partial charge in [-0.25, -0.2) is 4.79 Å². The van der Waals surface area contributed by atoms with Crippen molar-refractivity contribution in [1.82, 2.24) is 4.90 Å². The summed E-state index contributed by atoms with van der Waals surface area (Å²) in [5, 5.41) is 0. The zero-order valence-electron chi connectivity index (χ0n) is 13.8. The van der Waals surface area contributed by atoms with Crippen LogP contribution in [0.2, 0.25) is 0 Å². The zero-order valence-corrected chi connectivity index (χ0v) is 15.4. The van der Waals surface area contributed by atoms with E-state index in [4.69, 9.17) is 4.74 Å². The number of halogens is 1. The second kappa shape index (κ2) is 6.90. The first-order valence-electron chi connectivity index (χ1n) is 7.72. The summed E-state index contributed by atoms with van der Waals surface area (Å²) in [4.78, 5) is 16.2. The van der Waals surface area contributed by atoms with Crippen molar-refractivity contribution in [1.29, 1.82) is 0 Å². The maximum atomic E-state index is 12.1. The lowest BCUT2D eigenvalue weighted by molar-refractivity contribution is 0.0205. The van der Waals surface area contributed by atoms with Gasteiger partial charge in [0.2, 0.25) is 0 Å². The molecule has 1 aromatic carbocycles. The van der Waals surface area contributed by atoms with Crippen molar-refractivity contribution in [3.8, 4) is 0 Å². The molecule has 1 aliphatic rings. The van der Waals surface area contributed by atoms with Crippen LogP contribution in [0.4, 0.5) is 10.5 Å². The summed E-state index contributed by atoms with van der Waals surface area (Å²) in [6.45, 7) is 7.20. The average Bonchev–Trinajstić information content (AvgIpc) is 2.45. The third kappa shape index (κ3) is 4.63. The summed E-state index contributed by atoms with van der Waals surface area (Å²) in [7, 11) is 2.12. The van der Waals surface area contributed by atoms with E-state index in [-0.39, 0.29) is 6.09 Å². The minimum atomic E-state index is -0.430. The molecule has 0 bridgehead atoms. The molecule has 1 fully saturated rings. The van der Waals surface area contributed by atoms with Crippen molar-refractivity contribution in [3.05, 3.63) is 28.7 Å². The highest BCUT2D eigenvalue weighted by Crippen LogP contribution is 2.25. The largest absolute Gasteiger partial charge is 0.444 e. The van der Waals surface area contributed by atoms with E-state index in [2.05, 4.69) is 40.0 Å². The minimum Gasteiger partial charge on any atom is -0.444 e. The van der Waals surface area contributed by atoms with Gasteiger partial charge in [-0.3, -0.25) is 0 Å².